The number of carboxylic acid groups (broad SMARTS) is 1. The number of fused-ring (bicyclic) bond motifs is 1. The lowest BCUT2D eigenvalue weighted by atomic mass is 10.5. The van der Waals surface area contributed by atoms with Crippen molar-refractivity contribution in [3.63, 3.8) is 0 Å². The average Bonchev–Trinajstić information content (AvgIpc) is 2.71. The van der Waals surface area contributed by atoms with E-state index in [1.54, 1.807) is 0 Å². The Bertz CT molecular complexity index is 729. The largest absolute Gasteiger partial charge is 0.480 e. The van der Waals surface area contributed by atoms with Crippen LogP contribution in [0.3, 0.4) is 0 Å². The molecule has 0 atom stereocenters. The predicted molar refractivity (Wildman–Crippen MR) is 62.7 cm³/mol. The number of hydrogen-bond acceptors (Lipinski definition) is 5. The Hall–Kier alpha value is -2.43. The number of anilines is 1. The molecule has 0 aliphatic rings. The average molecular weight is 324 g/mol. The fourth-order valence-electron chi connectivity index (χ4n) is 1.40. The monoisotopic (exact) mass is 323 g/mol. The zero-order chi connectivity index (χ0) is 15.8. The van der Waals surface area contributed by atoms with Crippen molar-refractivity contribution in [2.75, 3.05) is 5.32 Å². The molecule has 0 fully saturated rings. The van der Waals surface area contributed by atoms with E-state index in [0.717, 1.165) is 10.9 Å². The Labute approximate surface area is 118 Å². The third kappa shape index (κ3) is 3.18. The summed E-state index contributed by atoms with van der Waals surface area (Å²) in [7, 11) is 0. The highest BCUT2D eigenvalue weighted by Crippen LogP contribution is 2.22. The van der Waals surface area contributed by atoms with Crippen molar-refractivity contribution >= 4 is 40.6 Å². The molecule has 8 nitrogen and oxygen atoms in total. The summed E-state index contributed by atoms with van der Waals surface area (Å²) in [5.74, 6) is -4.20. The van der Waals surface area contributed by atoms with Gasteiger partial charge in [0, 0.05) is 0 Å². The highest BCUT2D eigenvalue weighted by Gasteiger charge is 2.39. The Kier molecular flexibility index (Phi) is 3.68. The van der Waals surface area contributed by atoms with Gasteiger partial charge in [-0.1, -0.05) is 11.6 Å². The van der Waals surface area contributed by atoms with Crippen LogP contribution in [0.2, 0.25) is 5.15 Å². The van der Waals surface area contributed by atoms with Gasteiger partial charge in [-0.2, -0.15) is 23.1 Å². The third-order valence-electron chi connectivity index (χ3n) is 2.21. The molecule has 0 saturated carbocycles. The molecule has 0 aliphatic heterocycles. The van der Waals surface area contributed by atoms with Crippen LogP contribution >= 0.6 is 11.6 Å². The van der Waals surface area contributed by atoms with Crippen LogP contribution in [0.1, 0.15) is 0 Å². The summed E-state index contributed by atoms with van der Waals surface area (Å²) in [6, 6.07) is 0. The third-order valence-corrected chi connectivity index (χ3v) is 2.47. The van der Waals surface area contributed by atoms with Crippen molar-refractivity contribution in [3.8, 4) is 0 Å². The maximum Gasteiger partial charge on any atom is 0.471 e. The number of aliphatic carboxylic acids is 1. The zero-order valence-corrected chi connectivity index (χ0v) is 10.6. The second kappa shape index (κ2) is 5.16. The SMILES string of the molecule is O=C(O)Cn1cnc2c(Cl)nc(NC(=O)C(F)(F)F)nc21. The van der Waals surface area contributed by atoms with Crippen LogP contribution in [0.5, 0.6) is 0 Å². The first kappa shape index (κ1) is 15.0. The number of carbonyl (C=O) groups excluding carboxylic acids is 1. The van der Waals surface area contributed by atoms with Gasteiger partial charge >= 0.3 is 18.1 Å². The summed E-state index contributed by atoms with van der Waals surface area (Å²) in [5, 5.41) is 9.80. The molecule has 0 saturated heterocycles. The first-order valence-electron chi connectivity index (χ1n) is 5.17. The van der Waals surface area contributed by atoms with Crippen LogP contribution in [0, 0.1) is 0 Å². The van der Waals surface area contributed by atoms with Gasteiger partial charge in [0.2, 0.25) is 5.95 Å². The summed E-state index contributed by atoms with van der Waals surface area (Å²) in [4.78, 5) is 32.3. The standard InChI is InChI=1S/C9H5ClF3N5O3/c10-5-4-6(18(2-14-4)1-3(19)20)16-8(15-5)17-7(21)9(11,12)13/h2H,1H2,(H,19,20)(H,15,16,17,21). The van der Waals surface area contributed by atoms with Crippen LogP contribution in [-0.4, -0.2) is 42.7 Å². The van der Waals surface area contributed by atoms with Crippen LogP contribution in [0.4, 0.5) is 19.1 Å². The molecule has 0 spiro atoms. The number of imidazole rings is 1. The van der Waals surface area contributed by atoms with Gasteiger partial charge in [-0.05, 0) is 0 Å². The lowest BCUT2D eigenvalue weighted by molar-refractivity contribution is -0.167. The van der Waals surface area contributed by atoms with E-state index in [-0.39, 0.29) is 16.3 Å². The van der Waals surface area contributed by atoms with Gasteiger partial charge in [0.15, 0.2) is 10.8 Å². The number of amides is 1. The minimum atomic E-state index is -5.12. The first-order valence-corrected chi connectivity index (χ1v) is 5.54. The van der Waals surface area contributed by atoms with Crippen molar-refractivity contribution in [2.45, 2.75) is 12.7 Å². The maximum atomic E-state index is 12.1. The number of rotatable bonds is 3. The van der Waals surface area contributed by atoms with Gasteiger partial charge in [-0.15, -0.1) is 0 Å². The number of aromatic nitrogens is 4. The molecule has 21 heavy (non-hydrogen) atoms. The van der Waals surface area contributed by atoms with Gasteiger partial charge in [0.1, 0.15) is 12.1 Å². The topological polar surface area (TPSA) is 110 Å². The van der Waals surface area contributed by atoms with Gasteiger partial charge < -0.3 is 9.67 Å². The number of carboxylic acids is 1. The molecule has 1 amide bonds. The maximum absolute atomic E-state index is 12.1. The molecule has 2 aromatic heterocycles. The van der Waals surface area contributed by atoms with Crippen molar-refractivity contribution in [1.82, 2.24) is 19.5 Å². The minimum absolute atomic E-state index is 0.00271. The Morgan fingerprint density at radius 1 is 1.38 bits per heavy atom. The van der Waals surface area contributed by atoms with Crippen LogP contribution < -0.4 is 5.32 Å². The summed E-state index contributed by atoms with van der Waals surface area (Å²) < 4.78 is 37.5. The van der Waals surface area contributed by atoms with Gasteiger partial charge in [0.05, 0.1) is 6.33 Å². The number of nitrogens with one attached hydrogen (secondary N) is 1. The summed E-state index contributed by atoms with van der Waals surface area (Å²) in [6.07, 6.45) is -4.03. The summed E-state index contributed by atoms with van der Waals surface area (Å²) in [6.45, 7) is -0.531. The summed E-state index contributed by atoms with van der Waals surface area (Å²) >= 11 is 5.70. The Morgan fingerprint density at radius 3 is 2.62 bits per heavy atom. The van der Waals surface area contributed by atoms with E-state index in [1.165, 1.54) is 5.32 Å². The van der Waals surface area contributed by atoms with Gasteiger partial charge in [-0.3, -0.25) is 14.9 Å². The van der Waals surface area contributed by atoms with E-state index >= 15 is 0 Å². The van der Waals surface area contributed by atoms with Crippen molar-refractivity contribution in [3.05, 3.63) is 11.5 Å². The molecule has 2 rings (SSSR count). The van der Waals surface area contributed by atoms with E-state index in [2.05, 4.69) is 15.0 Å². The molecule has 0 aromatic carbocycles. The van der Waals surface area contributed by atoms with E-state index < -0.39 is 30.5 Å². The quantitative estimate of drug-likeness (QED) is 0.817. The molecule has 2 heterocycles. The number of halogens is 4. The van der Waals surface area contributed by atoms with Crippen molar-refractivity contribution in [2.24, 2.45) is 0 Å². The Balaban J connectivity index is 2.42. The van der Waals surface area contributed by atoms with Gasteiger partial charge in [-0.25, -0.2) is 4.98 Å². The number of nitrogens with zero attached hydrogens (tertiary/aromatic N) is 4. The van der Waals surface area contributed by atoms with Crippen LogP contribution in [0.25, 0.3) is 11.2 Å². The molecule has 0 bridgehead atoms. The predicted octanol–water partition coefficient (Wildman–Crippen LogP) is 1.07. The molecular weight excluding hydrogens is 319 g/mol. The molecule has 12 heteroatoms. The molecule has 112 valence electrons. The molecule has 2 N–H and O–H groups in total. The lowest BCUT2D eigenvalue weighted by Crippen LogP contribution is -2.30. The van der Waals surface area contributed by atoms with Crippen LogP contribution in [-0.2, 0) is 16.1 Å². The molecule has 2 aromatic rings. The van der Waals surface area contributed by atoms with Crippen molar-refractivity contribution in [1.29, 1.82) is 0 Å². The molecule has 0 aliphatic carbocycles. The normalized spacial score (nSPS) is 11.6. The van der Waals surface area contributed by atoms with E-state index in [9.17, 15) is 22.8 Å². The first-order chi connectivity index (χ1) is 9.68. The zero-order valence-electron chi connectivity index (χ0n) is 9.85. The van der Waals surface area contributed by atoms with E-state index in [1.807, 2.05) is 0 Å². The smallest absolute Gasteiger partial charge is 0.471 e. The van der Waals surface area contributed by atoms with Gasteiger partial charge in [0.25, 0.3) is 0 Å². The molecule has 0 radical (unpaired) electrons. The second-order valence-corrected chi connectivity index (χ2v) is 4.09. The fourth-order valence-corrected chi connectivity index (χ4v) is 1.61. The number of alkyl halides is 3. The number of hydrogen-bond donors (Lipinski definition) is 2. The Morgan fingerprint density at radius 2 is 2.05 bits per heavy atom. The van der Waals surface area contributed by atoms with Crippen molar-refractivity contribution < 1.29 is 27.9 Å². The lowest BCUT2D eigenvalue weighted by Gasteiger charge is -2.07. The molecule has 0 unspecified atom stereocenters. The fraction of sp³-hybridized carbons (Fsp3) is 0.222. The minimum Gasteiger partial charge on any atom is -0.480 e. The molecular formula is C9H5ClF3N5O3. The number of carbonyl (C=O) groups is 2. The summed E-state index contributed by atoms with van der Waals surface area (Å²) in [5.41, 5.74) is -0.113. The van der Waals surface area contributed by atoms with E-state index in [0.29, 0.717) is 0 Å². The highest BCUT2D eigenvalue weighted by atomic mass is 35.5. The second-order valence-electron chi connectivity index (χ2n) is 3.73. The van der Waals surface area contributed by atoms with Crippen LogP contribution in [0.15, 0.2) is 6.33 Å². The van der Waals surface area contributed by atoms with E-state index in [4.69, 9.17) is 16.7 Å². The highest BCUT2D eigenvalue weighted by molar-refractivity contribution is 6.33.